The highest BCUT2D eigenvalue weighted by molar-refractivity contribution is 7.99. The van der Waals surface area contributed by atoms with Crippen LogP contribution >= 0.6 is 11.8 Å². The third-order valence-corrected chi connectivity index (χ3v) is 5.35. The van der Waals surface area contributed by atoms with E-state index in [2.05, 4.69) is 46.5 Å². The van der Waals surface area contributed by atoms with Crippen molar-refractivity contribution in [3.8, 4) is 11.5 Å². The smallest absolute Gasteiger partial charge is 0.244 e. The third-order valence-electron chi connectivity index (χ3n) is 4.62. The van der Waals surface area contributed by atoms with Gasteiger partial charge in [0.15, 0.2) is 22.3 Å². The number of ether oxygens (including phenoxy) is 2. The number of rotatable bonds is 9. The molecule has 10 heteroatoms. The first-order valence-corrected chi connectivity index (χ1v) is 11.5. The second-order valence-electron chi connectivity index (χ2n) is 7.43. The van der Waals surface area contributed by atoms with Crippen LogP contribution in [0.25, 0.3) is 17.1 Å². The minimum atomic E-state index is -0.182. The Kier molecular flexibility index (Phi) is 6.79. The van der Waals surface area contributed by atoms with E-state index in [0.29, 0.717) is 29.7 Å². The number of hydrogen-bond donors (Lipinski definition) is 2. The van der Waals surface area contributed by atoms with Crippen LogP contribution in [-0.2, 0) is 11.3 Å². The molecule has 0 bridgehead atoms. The van der Waals surface area contributed by atoms with Crippen LogP contribution in [0, 0.1) is 0 Å². The van der Waals surface area contributed by atoms with Crippen LogP contribution in [0.1, 0.15) is 26.3 Å². The molecule has 1 aromatic carbocycles. The van der Waals surface area contributed by atoms with Crippen LogP contribution in [0.5, 0.6) is 11.5 Å². The van der Waals surface area contributed by atoms with Gasteiger partial charge in [0.25, 0.3) is 0 Å². The van der Waals surface area contributed by atoms with E-state index in [1.54, 1.807) is 28.7 Å². The van der Waals surface area contributed by atoms with E-state index < -0.39 is 0 Å². The molecule has 1 aliphatic heterocycles. The highest BCUT2D eigenvalue weighted by atomic mass is 32.2. The predicted molar refractivity (Wildman–Crippen MR) is 125 cm³/mol. The van der Waals surface area contributed by atoms with Crippen molar-refractivity contribution in [1.82, 2.24) is 25.1 Å². The summed E-state index contributed by atoms with van der Waals surface area (Å²) < 4.78 is 12.5. The van der Waals surface area contributed by atoms with Crippen LogP contribution in [-0.4, -0.2) is 50.8 Å². The Labute approximate surface area is 190 Å². The number of thioether (sulfide) groups is 1. The maximum absolute atomic E-state index is 12.2. The van der Waals surface area contributed by atoms with Crippen LogP contribution in [0.3, 0.4) is 0 Å². The molecule has 0 saturated carbocycles. The van der Waals surface area contributed by atoms with Crippen molar-refractivity contribution in [3.05, 3.63) is 36.0 Å². The van der Waals surface area contributed by atoms with Crippen molar-refractivity contribution in [2.24, 2.45) is 0 Å². The molecule has 1 aliphatic rings. The Hall–Kier alpha value is -3.27. The van der Waals surface area contributed by atoms with Crippen molar-refractivity contribution in [1.29, 1.82) is 0 Å². The topological polar surface area (TPSA) is 103 Å². The molecule has 0 atom stereocenters. The quantitative estimate of drug-likeness (QED) is 0.288. The lowest BCUT2D eigenvalue weighted by Crippen LogP contribution is -2.25. The second-order valence-corrected chi connectivity index (χ2v) is 8.66. The molecule has 2 N–H and O–H groups in total. The number of amides is 1. The summed E-state index contributed by atoms with van der Waals surface area (Å²) in [6, 6.07) is 5.79. The van der Waals surface area contributed by atoms with Crippen molar-refractivity contribution in [2.45, 2.75) is 38.5 Å². The largest absolute Gasteiger partial charge is 0.454 e. The summed E-state index contributed by atoms with van der Waals surface area (Å²) in [4.78, 5) is 21.5. The average molecular weight is 455 g/mol. The molecule has 168 valence electrons. The Morgan fingerprint density at radius 1 is 1.28 bits per heavy atom. The van der Waals surface area contributed by atoms with Gasteiger partial charge in [-0.3, -0.25) is 4.79 Å². The molecular weight excluding hydrogens is 428 g/mol. The van der Waals surface area contributed by atoms with E-state index in [-0.39, 0.29) is 18.7 Å². The minimum absolute atomic E-state index is 0.182. The first-order chi connectivity index (χ1) is 15.5. The molecular formula is C22H26N6O3S. The standard InChI is InChI=1S/C22H26N6O3S/c1-4-32-22-26-20(25-14(2)3)16-12-24-28(21(16)27-22)10-9-23-19(29)8-6-15-5-7-17-18(11-15)31-13-30-17/h5-8,11-12,14H,4,9-10,13H2,1-3H3,(H,23,29)(H,25,26,27). The number of nitrogens with zero attached hydrogens (tertiary/aromatic N) is 4. The molecule has 1 amide bonds. The monoisotopic (exact) mass is 454 g/mol. The molecule has 3 aromatic rings. The zero-order chi connectivity index (χ0) is 22.5. The van der Waals surface area contributed by atoms with Gasteiger partial charge in [0.05, 0.1) is 18.1 Å². The van der Waals surface area contributed by atoms with Crippen molar-refractivity contribution in [3.63, 3.8) is 0 Å². The van der Waals surface area contributed by atoms with E-state index in [9.17, 15) is 4.79 Å². The van der Waals surface area contributed by atoms with Gasteiger partial charge in [-0.25, -0.2) is 14.6 Å². The fourth-order valence-electron chi connectivity index (χ4n) is 3.21. The lowest BCUT2D eigenvalue weighted by Gasteiger charge is -2.11. The van der Waals surface area contributed by atoms with E-state index in [0.717, 1.165) is 28.2 Å². The first kappa shape index (κ1) is 21.9. The molecule has 0 aliphatic carbocycles. The SMILES string of the molecule is CCSc1nc(NC(C)C)c2cnn(CCNC(=O)C=Cc3ccc4c(c3)OCO4)c2n1. The fraction of sp³-hybridized carbons (Fsp3) is 0.364. The number of aromatic nitrogens is 4. The molecule has 0 saturated heterocycles. The number of benzene rings is 1. The molecule has 9 nitrogen and oxygen atoms in total. The molecule has 32 heavy (non-hydrogen) atoms. The summed E-state index contributed by atoms with van der Waals surface area (Å²) in [6.45, 7) is 7.35. The normalized spacial score (nSPS) is 12.8. The van der Waals surface area contributed by atoms with Crippen LogP contribution in [0.4, 0.5) is 5.82 Å². The summed E-state index contributed by atoms with van der Waals surface area (Å²) in [5, 5.41) is 12.3. The van der Waals surface area contributed by atoms with Crippen molar-refractivity contribution >= 4 is 40.6 Å². The summed E-state index contributed by atoms with van der Waals surface area (Å²) in [7, 11) is 0. The number of hydrogen-bond acceptors (Lipinski definition) is 8. The lowest BCUT2D eigenvalue weighted by molar-refractivity contribution is -0.116. The van der Waals surface area contributed by atoms with Crippen molar-refractivity contribution in [2.75, 3.05) is 24.4 Å². The molecule has 0 unspecified atom stereocenters. The first-order valence-electron chi connectivity index (χ1n) is 10.5. The van der Waals surface area contributed by atoms with Gasteiger partial charge in [0, 0.05) is 18.7 Å². The van der Waals surface area contributed by atoms with Gasteiger partial charge < -0.3 is 20.1 Å². The zero-order valence-electron chi connectivity index (χ0n) is 18.3. The minimum Gasteiger partial charge on any atom is -0.454 e. The van der Waals surface area contributed by atoms with Crippen LogP contribution in [0.15, 0.2) is 35.6 Å². The van der Waals surface area contributed by atoms with E-state index in [1.165, 1.54) is 6.08 Å². The summed E-state index contributed by atoms with van der Waals surface area (Å²) in [5.41, 5.74) is 1.62. The summed E-state index contributed by atoms with van der Waals surface area (Å²) in [6.07, 6.45) is 5.01. The Morgan fingerprint density at radius 2 is 2.12 bits per heavy atom. The number of fused-ring (bicyclic) bond motifs is 2. The van der Waals surface area contributed by atoms with E-state index >= 15 is 0 Å². The number of carbonyl (C=O) groups excluding carboxylic acids is 1. The van der Waals surface area contributed by atoms with Crippen LogP contribution < -0.4 is 20.1 Å². The summed E-state index contributed by atoms with van der Waals surface area (Å²) in [5.74, 6) is 2.88. The van der Waals surface area contributed by atoms with E-state index in [4.69, 9.17) is 9.47 Å². The Balaban J connectivity index is 1.39. The maximum Gasteiger partial charge on any atom is 0.244 e. The average Bonchev–Trinajstić information content (AvgIpc) is 3.39. The molecule has 2 aromatic heterocycles. The highest BCUT2D eigenvalue weighted by Gasteiger charge is 2.14. The number of carbonyl (C=O) groups is 1. The zero-order valence-corrected chi connectivity index (χ0v) is 19.1. The second kappa shape index (κ2) is 9.90. The van der Waals surface area contributed by atoms with Gasteiger partial charge in [-0.1, -0.05) is 24.8 Å². The molecule has 3 heterocycles. The molecule has 4 rings (SSSR count). The summed E-state index contributed by atoms with van der Waals surface area (Å²) >= 11 is 1.59. The third kappa shape index (κ3) is 5.13. The molecule has 0 radical (unpaired) electrons. The van der Waals surface area contributed by atoms with Gasteiger partial charge >= 0.3 is 0 Å². The lowest BCUT2D eigenvalue weighted by atomic mass is 10.2. The van der Waals surface area contributed by atoms with Gasteiger partial charge in [0.1, 0.15) is 5.82 Å². The van der Waals surface area contributed by atoms with Crippen LogP contribution in [0.2, 0.25) is 0 Å². The number of anilines is 1. The molecule has 0 spiro atoms. The van der Waals surface area contributed by atoms with Gasteiger partial charge in [0.2, 0.25) is 12.7 Å². The van der Waals surface area contributed by atoms with Crippen molar-refractivity contribution < 1.29 is 14.3 Å². The highest BCUT2D eigenvalue weighted by Crippen LogP contribution is 2.32. The van der Waals surface area contributed by atoms with Gasteiger partial charge in [-0.05, 0) is 43.4 Å². The maximum atomic E-state index is 12.2. The predicted octanol–water partition coefficient (Wildman–Crippen LogP) is 3.32. The molecule has 0 fully saturated rings. The van der Waals surface area contributed by atoms with Gasteiger partial charge in [-0.15, -0.1) is 0 Å². The number of nitrogens with one attached hydrogen (secondary N) is 2. The Bertz CT molecular complexity index is 1140. The Morgan fingerprint density at radius 3 is 2.94 bits per heavy atom. The van der Waals surface area contributed by atoms with E-state index in [1.807, 2.05) is 18.2 Å². The van der Waals surface area contributed by atoms with Gasteiger partial charge in [-0.2, -0.15) is 5.10 Å². The fourth-order valence-corrected chi connectivity index (χ4v) is 3.77.